The third-order valence-corrected chi connectivity index (χ3v) is 5.49. The van der Waals surface area contributed by atoms with Gasteiger partial charge >= 0.3 is 0 Å². The number of fused-ring (bicyclic) bond motifs is 1. The van der Waals surface area contributed by atoms with Crippen molar-refractivity contribution in [2.45, 2.75) is 25.7 Å². The van der Waals surface area contributed by atoms with Crippen molar-refractivity contribution in [2.24, 2.45) is 5.73 Å². The van der Waals surface area contributed by atoms with Crippen LogP contribution >= 0.6 is 11.3 Å². The summed E-state index contributed by atoms with van der Waals surface area (Å²) in [6, 6.07) is 2.75. The zero-order valence-corrected chi connectivity index (χ0v) is 14.7. The van der Waals surface area contributed by atoms with Gasteiger partial charge in [0.2, 0.25) is 0 Å². The van der Waals surface area contributed by atoms with Crippen LogP contribution in [-0.4, -0.2) is 21.7 Å². The van der Waals surface area contributed by atoms with E-state index in [0.29, 0.717) is 6.42 Å². The smallest absolute Gasteiger partial charge is 0.289 e. The SMILES string of the molecule is NC(=O)c1c(NC(=O)c2ccc([N+](=O)[O-])cc2[N+](=O)[O-])sc2c1CCCC2. The van der Waals surface area contributed by atoms with Crippen LogP contribution in [-0.2, 0) is 12.8 Å². The second kappa shape index (κ2) is 7.11. The molecule has 140 valence electrons. The molecule has 0 saturated heterocycles. The number of non-ortho nitro benzene ring substituents is 1. The number of rotatable bonds is 5. The molecule has 0 spiro atoms. The number of benzene rings is 1. The van der Waals surface area contributed by atoms with E-state index in [4.69, 9.17) is 5.73 Å². The van der Waals surface area contributed by atoms with Gasteiger partial charge in [-0.1, -0.05) is 0 Å². The molecular formula is C16H14N4O6S. The van der Waals surface area contributed by atoms with E-state index in [1.54, 1.807) is 0 Å². The van der Waals surface area contributed by atoms with Crippen LogP contribution in [0.25, 0.3) is 0 Å². The number of nitrogens with two attached hydrogens (primary N) is 1. The first-order valence-corrected chi connectivity index (χ1v) is 8.79. The summed E-state index contributed by atoms with van der Waals surface area (Å²) in [4.78, 5) is 45.8. The van der Waals surface area contributed by atoms with E-state index in [1.165, 1.54) is 11.3 Å². The number of hydrogen-bond acceptors (Lipinski definition) is 7. The average molecular weight is 390 g/mol. The third kappa shape index (κ3) is 3.49. The number of nitrogens with one attached hydrogen (secondary N) is 1. The van der Waals surface area contributed by atoms with Gasteiger partial charge in [0.1, 0.15) is 10.6 Å². The first-order chi connectivity index (χ1) is 12.8. The van der Waals surface area contributed by atoms with Crippen molar-refractivity contribution in [3.05, 3.63) is 60.0 Å². The van der Waals surface area contributed by atoms with Crippen molar-refractivity contribution in [3.8, 4) is 0 Å². The van der Waals surface area contributed by atoms with Gasteiger partial charge in [-0.05, 0) is 37.3 Å². The Morgan fingerprint density at radius 2 is 1.81 bits per heavy atom. The average Bonchev–Trinajstić information content (AvgIpc) is 2.98. The monoisotopic (exact) mass is 390 g/mol. The van der Waals surface area contributed by atoms with Gasteiger partial charge in [0.15, 0.2) is 0 Å². The molecule has 2 amide bonds. The summed E-state index contributed by atoms with van der Waals surface area (Å²) in [7, 11) is 0. The molecule has 0 bridgehead atoms. The molecule has 10 nitrogen and oxygen atoms in total. The molecule has 1 aliphatic rings. The lowest BCUT2D eigenvalue weighted by atomic mass is 9.95. The molecule has 11 heteroatoms. The highest BCUT2D eigenvalue weighted by atomic mass is 32.1. The van der Waals surface area contributed by atoms with Crippen LogP contribution in [0.4, 0.5) is 16.4 Å². The van der Waals surface area contributed by atoms with Gasteiger partial charge in [-0.3, -0.25) is 29.8 Å². The summed E-state index contributed by atoms with van der Waals surface area (Å²) in [6.45, 7) is 0. The summed E-state index contributed by atoms with van der Waals surface area (Å²) in [5.74, 6) is -1.51. The molecule has 0 saturated carbocycles. The largest absolute Gasteiger partial charge is 0.365 e. The predicted molar refractivity (Wildman–Crippen MR) is 97.2 cm³/mol. The second-order valence-corrected chi connectivity index (χ2v) is 7.05. The number of primary amides is 1. The van der Waals surface area contributed by atoms with Crippen molar-refractivity contribution >= 4 is 39.5 Å². The minimum atomic E-state index is -0.865. The topological polar surface area (TPSA) is 158 Å². The summed E-state index contributed by atoms with van der Waals surface area (Å²) in [5.41, 5.74) is 4.97. The molecular weight excluding hydrogens is 376 g/mol. The summed E-state index contributed by atoms with van der Waals surface area (Å²) in [5, 5.41) is 24.8. The second-order valence-electron chi connectivity index (χ2n) is 5.95. The molecule has 2 aromatic rings. The van der Waals surface area contributed by atoms with E-state index >= 15 is 0 Å². The van der Waals surface area contributed by atoms with Gasteiger partial charge in [0, 0.05) is 10.9 Å². The minimum Gasteiger partial charge on any atom is -0.365 e. The van der Waals surface area contributed by atoms with Gasteiger partial charge < -0.3 is 11.1 Å². The van der Waals surface area contributed by atoms with Gasteiger partial charge in [-0.15, -0.1) is 11.3 Å². The lowest BCUT2D eigenvalue weighted by molar-refractivity contribution is -0.394. The van der Waals surface area contributed by atoms with Crippen LogP contribution < -0.4 is 11.1 Å². The van der Waals surface area contributed by atoms with E-state index in [0.717, 1.165) is 47.9 Å². The molecule has 1 aromatic heterocycles. The van der Waals surface area contributed by atoms with Crippen LogP contribution in [0.15, 0.2) is 18.2 Å². The normalized spacial score (nSPS) is 12.9. The zero-order chi connectivity index (χ0) is 19.7. The molecule has 1 aromatic carbocycles. The standard InChI is InChI=1S/C16H14N4O6S/c17-14(21)13-10-3-1-2-4-12(10)27-16(13)18-15(22)9-6-5-8(19(23)24)7-11(9)20(25)26/h5-7H,1-4H2,(H2,17,21)(H,18,22). The molecule has 1 aliphatic carbocycles. The van der Waals surface area contributed by atoms with E-state index in [1.807, 2.05) is 0 Å². The fourth-order valence-corrected chi connectivity index (χ4v) is 4.35. The molecule has 0 atom stereocenters. The van der Waals surface area contributed by atoms with Gasteiger partial charge in [-0.25, -0.2) is 0 Å². The molecule has 3 N–H and O–H groups in total. The van der Waals surface area contributed by atoms with Gasteiger partial charge in [0.05, 0.1) is 21.5 Å². The maximum Gasteiger partial charge on any atom is 0.289 e. The maximum absolute atomic E-state index is 12.6. The fourth-order valence-electron chi connectivity index (χ4n) is 3.06. The van der Waals surface area contributed by atoms with Crippen LogP contribution in [0.2, 0.25) is 0 Å². The Balaban J connectivity index is 1.99. The quantitative estimate of drug-likeness (QED) is 0.590. The first-order valence-electron chi connectivity index (χ1n) is 7.98. The number of amides is 2. The van der Waals surface area contributed by atoms with Crippen molar-refractivity contribution in [1.82, 2.24) is 0 Å². The number of nitro benzene ring substituents is 2. The van der Waals surface area contributed by atoms with Crippen molar-refractivity contribution in [1.29, 1.82) is 0 Å². The zero-order valence-electron chi connectivity index (χ0n) is 13.9. The lowest BCUT2D eigenvalue weighted by Gasteiger charge is -2.11. The number of hydrogen-bond donors (Lipinski definition) is 2. The minimum absolute atomic E-state index is 0.229. The molecule has 27 heavy (non-hydrogen) atoms. The summed E-state index contributed by atoms with van der Waals surface area (Å²) < 4.78 is 0. The molecule has 1 heterocycles. The van der Waals surface area contributed by atoms with Crippen LogP contribution in [0.3, 0.4) is 0 Å². The number of carbonyl (C=O) groups is 2. The van der Waals surface area contributed by atoms with Crippen LogP contribution in [0.5, 0.6) is 0 Å². The molecule has 0 fully saturated rings. The van der Waals surface area contributed by atoms with E-state index < -0.39 is 33.0 Å². The number of nitro groups is 2. The van der Waals surface area contributed by atoms with E-state index in [-0.39, 0.29) is 16.1 Å². The highest BCUT2D eigenvalue weighted by molar-refractivity contribution is 7.17. The number of carbonyl (C=O) groups excluding carboxylic acids is 2. The molecule has 0 radical (unpaired) electrons. The number of aryl methyl sites for hydroxylation is 1. The summed E-state index contributed by atoms with van der Waals surface area (Å²) >= 11 is 1.22. The van der Waals surface area contributed by atoms with Crippen LogP contribution in [0, 0.1) is 20.2 Å². The Labute approximate surface area is 156 Å². The number of anilines is 1. The lowest BCUT2D eigenvalue weighted by Crippen LogP contribution is -2.19. The van der Waals surface area contributed by atoms with E-state index in [9.17, 15) is 29.8 Å². The Morgan fingerprint density at radius 1 is 1.11 bits per heavy atom. The predicted octanol–water partition coefficient (Wildman–Crippen LogP) is 2.79. The molecule has 0 unspecified atom stereocenters. The van der Waals surface area contributed by atoms with Gasteiger partial charge in [-0.2, -0.15) is 0 Å². The van der Waals surface area contributed by atoms with Gasteiger partial charge in [0.25, 0.3) is 23.2 Å². The highest BCUT2D eigenvalue weighted by Gasteiger charge is 2.28. The van der Waals surface area contributed by atoms with Crippen molar-refractivity contribution < 1.29 is 19.4 Å². The number of thiophene rings is 1. The first kappa shape index (κ1) is 18.5. The highest BCUT2D eigenvalue weighted by Crippen LogP contribution is 2.38. The fraction of sp³-hybridized carbons (Fsp3) is 0.250. The Hall–Kier alpha value is -3.34. The Kier molecular flexibility index (Phi) is 4.86. The van der Waals surface area contributed by atoms with E-state index in [2.05, 4.69) is 5.32 Å². The third-order valence-electron chi connectivity index (χ3n) is 4.28. The van der Waals surface area contributed by atoms with Crippen molar-refractivity contribution in [2.75, 3.05) is 5.32 Å². The number of nitrogens with zero attached hydrogens (tertiary/aromatic N) is 2. The maximum atomic E-state index is 12.6. The Bertz CT molecular complexity index is 984. The Morgan fingerprint density at radius 3 is 2.44 bits per heavy atom. The molecule has 3 rings (SSSR count). The van der Waals surface area contributed by atoms with Crippen LogP contribution in [0.1, 0.15) is 44.0 Å². The molecule has 0 aliphatic heterocycles. The summed E-state index contributed by atoms with van der Waals surface area (Å²) in [6.07, 6.45) is 3.32. The van der Waals surface area contributed by atoms with Crippen molar-refractivity contribution in [3.63, 3.8) is 0 Å².